The lowest BCUT2D eigenvalue weighted by Crippen LogP contribution is -2.42. The second-order valence-corrected chi connectivity index (χ2v) is 5.63. The molecule has 1 atom stereocenters. The number of aromatic nitrogens is 1. The van der Waals surface area contributed by atoms with E-state index in [1.54, 1.807) is 0 Å². The standard InChI is InChI=1S/C15H18ClN3/c16-15-12(9-19-7-3-5-13(17)10-19)8-11-4-1-2-6-14(11)18-15/h1-2,4,6,8,13H,3,5,7,9-10,17H2. The molecule has 2 N–H and O–H groups in total. The van der Waals surface area contributed by atoms with Crippen molar-refractivity contribution >= 4 is 22.5 Å². The number of nitrogens with two attached hydrogens (primary N) is 1. The smallest absolute Gasteiger partial charge is 0.134 e. The van der Waals surface area contributed by atoms with Crippen molar-refractivity contribution in [2.45, 2.75) is 25.4 Å². The van der Waals surface area contributed by atoms with Crippen LogP contribution in [0, 0.1) is 0 Å². The first-order valence-electron chi connectivity index (χ1n) is 6.74. The number of rotatable bonds is 2. The van der Waals surface area contributed by atoms with E-state index in [-0.39, 0.29) is 0 Å². The summed E-state index contributed by atoms with van der Waals surface area (Å²) in [6.07, 6.45) is 2.29. The second-order valence-electron chi connectivity index (χ2n) is 5.27. The molecule has 1 fully saturated rings. The number of hydrogen-bond acceptors (Lipinski definition) is 3. The molecule has 1 aliphatic heterocycles. The van der Waals surface area contributed by atoms with E-state index in [0.29, 0.717) is 11.2 Å². The highest BCUT2D eigenvalue weighted by Crippen LogP contribution is 2.22. The molecule has 0 aliphatic carbocycles. The SMILES string of the molecule is NC1CCCN(Cc2cc3ccccc3nc2Cl)C1. The van der Waals surface area contributed by atoms with Crippen LogP contribution in [0.2, 0.25) is 5.15 Å². The highest BCUT2D eigenvalue weighted by atomic mass is 35.5. The molecule has 0 radical (unpaired) electrons. The highest BCUT2D eigenvalue weighted by Gasteiger charge is 2.18. The van der Waals surface area contributed by atoms with Crippen molar-refractivity contribution in [3.63, 3.8) is 0 Å². The molecule has 4 heteroatoms. The molecular formula is C15H18ClN3. The number of benzene rings is 1. The van der Waals surface area contributed by atoms with Gasteiger partial charge in [0.1, 0.15) is 5.15 Å². The zero-order valence-electron chi connectivity index (χ0n) is 10.8. The van der Waals surface area contributed by atoms with Crippen LogP contribution < -0.4 is 5.73 Å². The Kier molecular flexibility index (Phi) is 3.69. The van der Waals surface area contributed by atoms with Crippen LogP contribution in [-0.4, -0.2) is 29.0 Å². The summed E-state index contributed by atoms with van der Waals surface area (Å²) in [5, 5.41) is 1.75. The molecular weight excluding hydrogens is 258 g/mol. The van der Waals surface area contributed by atoms with Crippen LogP contribution in [0.3, 0.4) is 0 Å². The Morgan fingerprint density at radius 1 is 1.37 bits per heavy atom. The molecule has 2 heterocycles. The lowest BCUT2D eigenvalue weighted by atomic mass is 10.1. The Morgan fingerprint density at radius 3 is 3.05 bits per heavy atom. The van der Waals surface area contributed by atoms with Gasteiger partial charge in [-0.2, -0.15) is 0 Å². The minimum atomic E-state index is 0.293. The van der Waals surface area contributed by atoms with E-state index >= 15 is 0 Å². The Hall–Kier alpha value is -1.16. The zero-order chi connectivity index (χ0) is 13.2. The van der Waals surface area contributed by atoms with Crippen LogP contribution in [0.15, 0.2) is 30.3 Å². The van der Waals surface area contributed by atoms with E-state index in [0.717, 1.165) is 42.5 Å². The Bertz CT molecular complexity index is 585. The summed E-state index contributed by atoms with van der Waals surface area (Å²) in [5.41, 5.74) is 8.06. The fourth-order valence-electron chi connectivity index (χ4n) is 2.72. The predicted molar refractivity (Wildman–Crippen MR) is 79.2 cm³/mol. The van der Waals surface area contributed by atoms with Gasteiger partial charge in [0.15, 0.2) is 0 Å². The topological polar surface area (TPSA) is 42.1 Å². The predicted octanol–water partition coefficient (Wildman–Crippen LogP) is 2.81. The van der Waals surface area contributed by atoms with Crippen molar-refractivity contribution in [2.24, 2.45) is 5.73 Å². The molecule has 0 spiro atoms. The third-order valence-electron chi connectivity index (χ3n) is 3.69. The Balaban J connectivity index is 1.85. The van der Waals surface area contributed by atoms with Gasteiger partial charge in [0.2, 0.25) is 0 Å². The summed E-state index contributed by atoms with van der Waals surface area (Å²) in [4.78, 5) is 6.83. The van der Waals surface area contributed by atoms with Crippen LogP contribution in [0.5, 0.6) is 0 Å². The van der Waals surface area contributed by atoms with Gasteiger partial charge in [-0.1, -0.05) is 29.8 Å². The molecule has 1 aliphatic rings. The molecule has 1 aromatic carbocycles. The maximum atomic E-state index is 6.29. The summed E-state index contributed by atoms with van der Waals surface area (Å²) in [7, 11) is 0. The van der Waals surface area contributed by atoms with Gasteiger partial charge in [-0.15, -0.1) is 0 Å². The van der Waals surface area contributed by atoms with Crippen molar-refractivity contribution in [1.29, 1.82) is 0 Å². The number of pyridine rings is 1. The van der Waals surface area contributed by atoms with E-state index < -0.39 is 0 Å². The van der Waals surface area contributed by atoms with Crippen LogP contribution in [-0.2, 0) is 6.54 Å². The normalized spacial score (nSPS) is 20.8. The molecule has 3 rings (SSSR count). The van der Waals surface area contributed by atoms with Crippen molar-refractivity contribution in [3.05, 3.63) is 41.0 Å². The fourth-order valence-corrected chi connectivity index (χ4v) is 2.93. The molecule has 0 bridgehead atoms. The van der Waals surface area contributed by atoms with Gasteiger partial charge in [0.05, 0.1) is 5.52 Å². The minimum absolute atomic E-state index is 0.293. The summed E-state index contributed by atoms with van der Waals surface area (Å²) < 4.78 is 0. The number of likely N-dealkylation sites (tertiary alicyclic amines) is 1. The minimum Gasteiger partial charge on any atom is -0.327 e. The van der Waals surface area contributed by atoms with Gasteiger partial charge in [-0.05, 0) is 31.5 Å². The van der Waals surface area contributed by atoms with Crippen LogP contribution in [0.25, 0.3) is 10.9 Å². The lowest BCUT2D eigenvalue weighted by molar-refractivity contribution is 0.201. The van der Waals surface area contributed by atoms with Gasteiger partial charge in [0.25, 0.3) is 0 Å². The largest absolute Gasteiger partial charge is 0.327 e. The number of fused-ring (bicyclic) bond motifs is 1. The fraction of sp³-hybridized carbons (Fsp3) is 0.400. The molecule has 0 saturated carbocycles. The van der Waals surface area contributed by atoms with Crippen LogP contribution >= 0.6 is 11.6 Å². The van der Waals surface area contributed by atoms with E-state index in [4.69, 9.17) is 17.3 Å². The highest BCUT2D eigenvalue weighted by molar-refractivity contribution is 6.30. The van der Waals surface area contributed by atoms with Crippen molar-refractivity contribution < 1.29 is 0 Å². The van der Waals surface area contributed by atoms with E-state index in [1.807, 2.05) is 18.2 Å². The number of hydrogen-bond donors (Lipinski definition) is 1. The van der Waals surface area contributed by atoms with Gasteiger partial charge in [-0.25, -0.2) is 4.98 Å². The van der Waals surface area contributed by atoms with Crippen molar-refractivity contribution in [3.8, 4) is 0 Å². The Labute approximate surface area is 118 Å². The lowest BCUT2D eigenvalue weighted by Gasteiger charge is -2.30. The average Bonchev–Trinajstić information content (AvgIpc) is 2.40. The number of nitrogens with zero attached hydrogens (tertiary/aromatic N) is 2. The maximum Gasteiger partial charge on any atom is 0.134 e. The van der Waals surface area contributed by atoms with Crippen molar-refractivity contribution in [1.82, 2.24) is 9.88 Å². The second kappa shape index (κ2) is 5.45. The van der Waals surface area contributed by atoms with Gasteiger partial charge < -0.3 is 5.73 Å². The van der Waals surface area contributed by atoms with Gasteiger partial charge >= 0.3 is 0 Å². The third-order valence-corrected chi connectivity index (χ3v) is 4.01. The molecule has 1 aromatic heterocycles. The molecule has 1 saturated heterocycles. The van der Waals surface area contributed by atoms with Gasteiger partial charge in [-0.3, -0.25) is 4.90 Å². The molecule has 1 unspecified atom stereocenters. The van der Waals surface area contributed by atoms with Crippen LogP contribution in [0.1, 0.15) is 18.4 Å². The average molecular weight is 276 g/mol. The van der Waals surface area contributed by atoms with E-state index in [1.165, 1.54) is 6.42 Å². The van der Waals surface area contributed by atoms with E-state index in [2.05, 4.69) is 22.0 Å². The zero-order valence-corrected chi connectivity index (χ0v) is 11.6. The molecule has 2 aromatic rings. The van der Waals surface area contributed by atoms with Gasteiger partial charge in [0, 0.05) is 30.1 Å². The summed E-state index contributed by atoms with van der Waals surface area (Å²) in [5.74, 6) is 0. The first kappa shape index (κ1) is 12.9. The molecule has 19 heavy (non-hydrogen) atoms. The maximum absolute atomic E-state index is 6.29. The third kappa shape index (κ3) is 2.89. The monoisotopic (exact) mass is 275 g/mol. The quantitative estimate of drug-likeness (QED) is 0.857. The van der Waals surface area contributed by atoms with Crippen molar-refractivity contribution in [2.75, 3.05) is 13.1 Å². The number of halogens is 1. The first-order valence-corrected chi connectivity index (χ1v) is 7.12. The number of piperidine rings is 1. The van der Waals surface area contributed by atoms with E-state index in [9.17, 15) is 0 Å². The molecule has 0 amide bonds. The Morgan fingerprint density at radius 2 is 2.21 bits per heavy atom. The number of para-hydroxylation sites is 1. The summed E-state index contributed by atoms with van der Waals surface area (Å²) in [6, 6.07) is 10.5. The van der Waals surface area contributed by atoms with Crippen LogP contribution in [0.4, 0.5) is 0 Å². The summed E-state index contributed by atoms with van der Waals surface area (Å²) >= 11 is 6.29. The first-order chi connectivity index (χ1) is 9.22. The molecule has 100 valence electrons. The summed E-state index contributed by atoms with van der Waals surface area (Å²) in [6.45, 7) is 2.88. The molecule has 3 nitrogen and oxygen atoms in total.